The van der Waals surface area contributed by atoms with E-state index in [2.05, 4.69) is 123 Å². The van der Waals surface area contributed by atoms with Gasteiger partial charge in [-0.2, -0.15) is 0 Å². The maximum Gasteiger partial charge on any atom is 0.472 e. The highest BCUT2D eigenvalue weighted by Crippen LogP contribution is 2.43. The first-order valence-electron chi connectivity index (χ1n) is 25.9. The Morgan fingerprint density at radius 1 is 0.485 bits per heavy atom. The van der Waals surface area contributed by atoms with Crippen LogP contribution < -0.4 is 0 Å². The van der Waals surface area contributed by atoms with E-state index in [0.29, 0.717) is 13.0 Å². The molecule has 66 heavy (non-hydrogen) atoms. The number of hydrogen-bond acceptors (Lipinski definition) is 8. The predicted molar refractivity (Wildman–Crippen MR) is 278 cm³/mol. The van der Waals surface area contributed by atoms with E-state index in [4.69, 9.17) is 23.6 Å². The molecular formula is C56H95O9P. The first kappa shape index (κ1) is 63.1. The third-order valence-electron chi connectivity index (χ3n) is 10.4. The molecule has 0 radical (unpaired) electrons. The molecule has 0 saturated carbocycles. The fourth-order valence-electron chi connectivity index (χ4n) is 6.54. The van der Waals surface area contributed by atoms with E-state index in [1.807, 2.05) is 0 Å². The SMILES string of the molecule is CC/C=C\C/C=C\C/C=C\C/C=C\C/C=C\C/C=C\CCCCCCC(=O)OC(COCCCCCCCCC/C=C\C/C=C\C/C=C\CCCCCCC)COP(=O)(O)OCC(O)CO. The summed E-state index contributed by atoms with van der Waals surface area (Å²) in [6, 6.07) is 0. The van der Waals surface area contributed by atoms with Crippen molar-refractivity contribution in [2.75, 3.05) is 33.0 Å². The maximum atomic E-state index is 12.7. The Hall–Kier alpha value is -2.88. The number of aliphatic hydroxyl groups is 2. The molecule has 0 saturated heterocycles. The summed E-state index contributed by atoms with van der Waals surface area (Å²) in [5.74, 6) is -0.414. The van der Waals surface area contributed by atoms with E-state index in [9.17, 15) is 19.4 Å². The second-order valence-corrected chi connectivity index (χ2v) is 18.3. The summed E-state index contributed by atoms with van der Waals surface area (Å²) in [7, 11) is -4.54. The number of hydrogen-bond donors (Lipinski definition) is 3. The average molecular weight is 943 g/mol. The van der Waals surface area contributed by atoms with Gasteiger partial charge in [-0.15, -0.1) is 0 Å². The monoisotopic (exact) mass is 943 g/mol. The second kappa shape index (κ2) is 51.5. The van der Waals surface area contributed by atoms with E-state index in [1.54, 1.807) is 0 Å². The number of aliphatic hydroxyl groups excluding tert-OH is 2. The lowest BCUT2D eigenvalue weighted by Gasteiger charge is -2.20. The molecule has 0 aliphatic rings. The number of ether oxygens (including phenoxy) is 2. The summed E-state index contributed by atoms with van der Waals surface area (Å²) >= 11 is 0. The Kier molecular flexibility index (Phi) is 49.3. The molecule has 3 atom stereocenters. The van der Waals surface area contributed by atoms with Gasteiger partial charge in [0.2, 0.25) is 0 Å². The Morgan fingerprint density at radius 2 is 0.864 bits per heavy atom. The van der Waals surface area contributed by atoms with Crippen LogP contribution >= 0.6 is 7.82 Å². The minimum Gasteiger partial charge on any atom is -0.457 e. The lowest BCUT2D eigenvalue weighted by molar-refractivity contribution is -0.154. The molecule has 0 fully saturated rings. The molecular weight excluding hydrogens is 848 g/mol. The number of phosphoric acid groups is 1. The number of rotatable bonds is 48. The molecule has 3 N–H and O–H groups in total. The minimum absolute atomic E-state index is 0.0244. The lowest BCUT2D eigenvalue weighted by Crippen LogP contribution is -2.29. The summed E-state index contributed by atoms with van der Waals surface area (Å²) in [6.45, 7) is 3.32. The molecule has 0 rings (SSSR count). The largest absolute Gasteiger partial charge is 0.472 e. The zero-order valence-electron chi connectivity index (χ0n) is 41.6. The van der Waals surface area contributed by atoms with Crippen molar-refractivity contribution >= 4 is 13.8 Å². The number of carbonyl (C=O) groups is 1. The van der Waals surface area contributed by atoms with Crippen molar-refractivity contribution in [1.82, 2.24) is 0 Å². The molecule has 10 heteroatoms. The van der Waals surface area contributed by atoms with Crippen molar-refractivity contribution < 1.29 is 43.0 Å². The topological polar surface area (TPSA) is 132 Å². The molecule has 0 aliphatic heterocycles. The molecule has 0 spiro atoms. The number of unbranched alkanes of at least 4 members (excludes halogenated alkanes) is 16. The average Bonchev–Trinajstić information content (AvgIpc) is 3.31. The van der Waals surface area contributed by atoms with E-state index in [-0.39, 0.29) is 13.0 Å². The smallest absolute Gasteiger partial charge is 0.457 e. The number of carbonyl (C=O) groups excluding carboxylic acids is 1. The summed E-state index contributed by atoms with van der Waals surface area (Å²) in [5, 5.41) is 18.4. The maximum absolute atomic E-state index is 12.7. The van der Waals surface area contributed by atoms with Gasteiger partial charge in [0.1, 0.15) is 12.2 Å². The van der Waals surface area contributed by atoms with Gasteiger partial charge < -0.3 is 24.6 Å². The highest BCUT2D eigenvalue weighted by atomic mass is 31.2. The van der Waals surface area contributed by atoms with Crippen molar-refractivity contribution in [3.8, 4) is 0 Å². The van der Waals surface area contributed by atoms with Gasteiger partial charge >= 0.3 is 13.8 Å². The van der Waals surface area contributed by atoms with Crippen LogP contribution in [0.2, 0.25) is 0 Å². The summed E-state index contributed by atoms with van der Waals surface area (Å²) in [4.78, 5) is 22.7. The van der Waals surface area contributed by atoms with Gasteiger partial charge in [0.15, 0.2) is 0 Å². The van der Waals surface area contributed by atoms with Crippen molar-refractivity contribution in [2.45, 2.75) is 206 Å². The van der Waals surface area contributed by atoms with Crippen LogP contribution in [0.25, 0.3) is 0 Å². The molecule has 0 amide bonds. The fourth-order valence-corrected chi connectivity index (χ4v) is 7.33. The Bertz CT molecular complexity index is 1390. The van der Waals surface area contributed by atoms with Gasteiger partial charge in [-0.3, -0.25) is 13.8 Å². The van der Waals surface area contributed by atoms with Gasteiger partial charge in [0, 0.05) is 13.0 Å². The van der Waals surface area contributed by atoms with Gasteiger partial charge in [0.05, 0.1) is 26.4 Å². The standard InChI is InChI=1S/C56H95O9P/c1-3-5-7-9-11-13-15-17-19-21-23-25-27-28-30-32-34-36-38-40-42-44-46-48-56(59)65-55(53-64-66(60,61)63-51-54(58)50-57)52-62-49-47-45-43-41-39-37-35-33-31-29-26-24-22-20-18-16-14-12-10-8-6-4-2/h5,7,11,13,16-19,22-25,28-31,34,36,54-55,57-58H,3-4,6,8-10,12,14-15,20-21,26-27,32-33,35,37-53H2,1-2H3,(H,60,61)/b7-5-,13-11-,18-16-,19-17-,24-22-,25-23-,30-28-,31-29-,36-34-. The van der Waals surface area contributed by atoms with Crippen LogP contribution in [0.5, 0.6) is 0 Å². The molecule has 9 nitrogen and oxygen atoms in total. The van der Waals surface area contributed by atoms with Crippen LogP contribution in [0.4, 0.5) is 0 Å². The summed E-state index contributed by atoms with van der Waals surface area (Å²) in [5.41, 5.74) is 0. The van der Waals surface area contributed by atoms with Crippen LogP contribution in [0, 0.1) is 0 Å². The predicted octanol–water partition coefficient (Wildman–Crippen LogP) is 15.4. The van der Waals surface area contributed by atoms with E-state index < -0.39 is 45.8 Å². The first-order chi connectivity index (χ1) is 32.3. The quantitative estimate of drug-likeness (QED) is 0.0236. The highest BCUT2D eigenvalue weighted by Gasteiger charge is 2.26. The van der Waals surface area contributed by atoms with E-state index in [1.165, 1.54) is 64.2 Å². The van der Waals surface area contributed by atoms with Crippen molar-refractivity contribution in [1.29, 1.82) is 0 Å². The highest BCUT2D eigenvalue weighted by molar-refractivity contribution is 7.47. The third kappa shape index (κ3) is 50.5. The van der Waals surface area contributed by atoms with Crippen molar-refractivity contribution in [3.05, 3.63) is 109 Å². The van der Waals surface area contributed by atoms with Crippen molar-refractivity contribution in [2.24, 2.45) is 0 Å². The molecule has 3 unspecified atom stereocenters. The molecule has 0 aliphatic carbocycles. The number of phosphoric ester groups is 1. The Labute approximate surface area is 403 Å². The first-order valence-corrected chi connectivity index (χ1v) is 27.4. The van der Waals surface area contributed by atoms with E-state index >= 15 is 0 Å². The molecule has 0 bridgehead atoms. The number of allylic oxidation sites excluding steroid dienone is 18. The molecule has 0 aromatic heterocycles. The molecule has 0 aromatic carbocycles. The molecule has 378 valence electrons. The van der Waals surface area contributed by atoms with Gasteiger partial charge in [0.25, 0.3) is 0 Å². The van der Waals surface area contributed by atoms with Crippen LogP contribution in [0.1, 0.15) is 194 Å². The van der Waals surface area contributed by atoms with Gasteiger partial charge in [-0.25, -0.2) is 4.57 Å². The van der Waals surface area contributed by atoms with Crippen LogP contribution in [-0.2, 0) is 27.9 Å². The van der Waals surface area contributed by atoms with Crippen molar-refractivity contribution in [3.63, 3.8) is 0 Å². The minimum atomic E-state index is -4.54. The lowest BCUT2D eigenvalue weighted by atomic mass is 10.1. The fraction of sp³-hybridized carbons (Fsp3) is 0.661. The Morgan fingerprint density at radius 3 is 1.30 bits per heavy atom. The van der Waals surface area contributed by atoms with Crippen LogP contribution in [-0.4, -0.2) is 66.3 Å². The zero-order chi connectivity index (χ0) is 48.1. The number of esters is 1. The van der Waals surface area contributed by atoms with Crippen LogP contribution in [0.15, 0.2) is 109 Å². The Balaban J connectivity index is 4.20. The normalized spacial score (nSPS) is 14.7. The third-order valence-corrected chi connectivity index (χ3v) is 11.4. The molecule has 0 aromatic rings. The van der Waals surface area contributed by atoms with Gasteiger partial charge in [-0.05, 0) is 103 Å². The van der Waals surface area contributed by atoms with Crippen LogP contribution in [0.3, 0.4) is 0 Å². The second-order valence-electron chi connectivity index (χ2n) is 16.8. The summed E-state index contributed by atoms with van der Waals surface area (Å²) < 4.78 is 33.5. The summed E-state index contributed by atoms with van der Waals surface area (Å²) in [6.07, 6.45) is 67.6. The molecule has 0 heterocycles. The zero-order valence-corrected chi connectivity index (χ0v) is 42.5. The van der Waals surface area contributed by atoms with Gasteiger partial charge in [-0.1, -0.05) is 194 Å². The van der Waals surface area contributed by atoms with E-state index in [0.717, 1.165) is 103 Å².